The van der Waals surface area contributed by atoms with Crippen LogP contribution in [-0.4, -0.2) is 38.0 Å². The van der Waals surface area contributed by atoms with Crippen LogP contribution in [0.5, 0.6) is 0 Å². The van der Waals surface area contributed by atoms with E-state index in [1.807, 2.05) is 6.92 Å². The van der Waals surface area contributed by atoms with E-state index >= 15 is 0 Å². The van der Waals surface area contributed by atoms with Gasteiger partial charge in [-0.3, -0.25) is 4.79 Å². The van der Waals surface area contributed by atoms with Crippen LogP contribution in [0.2, 0.25) is 0 Å². The van der Waals surface area contributed by atoms with Crippen molar-refractivity contribution in [3.8, 4) is 0 Å². The van der Waals surface area contributed by atoms with Gasteiger partial charge >= 0.3 is 0 Å². The summed E-state index contributed by atoms with van der Waals surface area (Å²) in [6.45, 7) is 9.47. The molecule has 1 aliphatic heterocycles. The van der Waals surface area contributed by atoms with Crippen LogP contribution in [0.1, 0.15) is 117 Å². The van der Waals surface area contributed by atoms with Crippen molar-refractivity contribution >= 4 is 5.78 Å². The van der Waals surface area contributed by atoms with Gasteiger partial charge in [-0.05, 0) is 119 Å². The smallest absolute Gasteiger partial charge is 0.157 e. The Morgan fingerprint density at radius 2 is 1.75 bits per heavy atom. The molecule has 0 amide bonds. The zero-order valence-corrected chi connectivity index (χ0v) is 23.4. The molecule has 4 fully saturated rings. The minimum Gasteiger partial charge on any atom is -0.378 e. The zero-order chi connectivity index (χ0) is 25.2. The molecule has 1 heterocycles. The third-order valence-electron chi connectivity index (χ3n) is 11.4. The van der Waals surface area contributed by atoms with Gasteiger partial charge in [0.1, 0.15) is 5.78 Å². The fourth-order valence-electron chi connectivity index (χ4n) is 9.30. The summed E-state index contributed by atoms with van der Waals surface area (Å²) >= 11 is 0. The maximum atomic E-state index is 12.4. The highest BCUT2D eigenvalue weighted by Gasteiger charge is 2.59. The third-order valence-corrected chi connectivity index (χ3v) is 11.4. The molecular weight excluding hydrogens is 448 g/mol. The summed E-state index contributed by atoms with van der Waals surface area (Å²) in [7, 11) is 0. The van der Waals surface area contributed by atoms with Crippen LogP contribution in [0.3, 0.4) is 0 Å². The van der Waals surface area contributed by atoms with E-state index in [0.29, 0.717) is 23.2 Å². The Morgan fingerprint density at radius 1 is 0.944 bits per heavy atom. The predicted octanol–water partition coefficient (Wildman–Crippen LogP) is 7.64. The van der Waals surface area contributed by atoms with Gasteiger partial charge in [0.05, 0.1) is 6.10 Å². The van der Waals surface area contributed by atoms with E-state index < -0.39 is 0 Å². The van der Waals surface area contributed by atoms with Crippen LogP contribution in [-0.2, 0) is 19.0 Å². The lowest BCUT2D eigenvalue weighted by Gasteiger charge is -2.58. The molecule has 4 aliphatic carbocycles. The Kier molecular flexibility index (Phi) is 8.64. The summed E-state index contributed by atoms with van der Waals surface area (Å²) in [4.78, 5) is 12.4. The second kappa shape index (κ2) is 11.6. The molecule has 0 spiro atoms. The molecule has 2 unspecified atom stereocenters. The summed E-state index contributed by atoms with van der Waals surface area (Å²) in [6, 6.07) is 0. The molecule has 1 saturated heterocycles. The van der Waals surface area contributed by atoms with Gasteiger partial charge in [0.15, 0.2) is 6.29 Å². The Bertz CT molecular complexity index is 785. The zero-order valence-electron chi connectivity index (χ0n) is 23.4. The number of unbranched alkanes of at least 4 members (excludes halogenated alkanes) is 3. The number of ether oxygens (including phenoxy) is 3. The molecule has 36 heavy (non-hydrogen) atoms. The number of hydrogen-bond donors (Lipinski definition) is 0. The molecule has 5 rings (SSSR count). The lowest BCUT2D eigenvalue weighted by molar-refractivity contribution is -0.162. The van der Waals surface area contributed by atoms with Gasteiger partial charge in [0.2, 0.25) is 0 Å². The molecule has 0 aromatic carbocycles. The number of ketones is 1. The van der Waals surface area contributed by atoms with Gasteiger partial charge in [0.25, 0.3) is 0 Å². The molecule has 5 aliphatic rings. The highest BCUT2D eigenvalue weighted by Crippen LogP contribution is 2.66. The average molecular weight is 501 g/mol. The monoisotopic (exact) mass is 500 g/mol. The Labute approximate surface area is 220 Å². The molecule has 0 radical (unpaired) electrons. The number of carbonyl (C=O) groups excluding carboxylic acids is 1. The first-order chi connectivity index (χ1) is 17.4. The molecule has 8 atom stereocenters. The molecule has 0 bridgehead atoms. The van der Waals surface area contributed by atoms with Crippen molar-refractivity contribution in [2.75, 3.05) is 19.8 Å². The summed E-state index contributed by atoms with van der Waals surface area (Å²) < 4.78 is 17.9. The van der Waals surface area contributed by atoms with Crippen molar-refractivity contribution in [3.05, 3.63) is 11.6 Å². The van der Waals surface area contributed by atoms with Crippen molar-refractivity contribution in [3.63, 3.8) is 0 Å². The minimum atomic E-state index is 0.0530. The van der Waals surface area contributed by atoms with Crippen LogP contribution in [0.4, 0.5) is 0 Å². The van der Waals surface area contributed by atoms with Crippen molar-refractivity contribution in [1.82, 2.24) is 0 Å². The lowest BCUT2D eigenvalue weighted by Crippen LogP contribution is -2.51. The third kappa shape index (κ3) is 5.38. The van der Waals surface area contributed by atoms with E-state index in [9.17, 15) is 4.79 Å². The summed E-state index contributed by atoms with van der Waals surface area (Å²) in [5, 5.41) is 0. The molecular formula is C32H52O4. The van der Waals surface area contributed by atoms with Crippen LogP contribution < -0.4 is 0 Å². The maximum Gasteiger partial charge on any atom is 0.157 e. The first kappa shape index (κ1) is 26.9. The van der Waals surface area contributed by atoms with Gasteiger partial charge in [-0.2, -0.15) is 0 Å². The van der Waals surface area contributed by atoms with Gasteiger partial charge in [-0.15, -0.1) is 0 Å². The van der Waals surface area contributed by atoms with E-state index in [0.717, 1.165) is 69.7 Å². The Balaban J connectivity index is 1.04. The fraction of sp³-hybridized carbons (Fsp3) is 0.906. The van der Waals surface area contributed by atoms with Gasteiger partial charge in [0, 0.05) is 25.7 Å². The maximum absolute atomic E-state index is 12.4. The van der Waals surface area contributed by atoms with Crippen molar-refractivity contribution in [2.24, 2.45) is 34.5 Å². The topological polar surface area (TPSA) is 44.8 Å². The second-order valence-electron chi connectivity index (χ2n) is 13.4. The minimum absolute atomic E-state index is 0.0530. The molecule has 3 saturated carbocycles. The molecule has 4 heteroatoms. The van der Waals surface area contributed by atoms with E-state index in [1.165, 1.54) is 64.2 Å². The number of Topliss-reactive ketones (excluding diaryl/α,β-unsaturated/α-hetero) is 1. The van der Waals surface area contributed by atoms with Gasteiger partial charge in [-0.25, -0.2) is 0 Å². The SMILES string of the molecule is CC(=O)[C@H]1CC[C@H]2[C@@H]3CC=C4CC(OCCCCCCOC5CCCCO5)CC[C@]4(C)[C@H]3CC[C@]12C. The number of fused-ring (bicyclic) bond motifs is 5. The average Bonchev–Trinajstić information content (AvgIpc) is 3.24. The van der Waals surface area contributed by atoms with Gasteiger partial charge < -0.3 is 14.2 Å². The Hall–Kier alpha value is -0.710. The van der Waals surface area contributed by atoms with E-state index in [2.05, 4.69) is 19.9 Å². The number of carbonyl (C=O) groups is 1. The number of rotatable bonds is 10. The normalized spacial score (nSPS) is 42.2. The molecule has 0 N–H and O–H groups in total. The van der Waals surface area contributed by atoms with Crippen molar-refractivity contribution < 1.29 is 19.0 Å². The summed E-state index contributed by atoms with van der Waals surface area (Å²) in [5.74, 6) is 3.09. The second-order valence-corrected chi connectivity index (χ2v) is 13.4. The quantitative estimate of drug-likeness (QED) is 0.228. The largest absolute Gasteiger partial charge is 0.378 e. The number of hydrogen-bond acceptors (Lipinski definition) is 4. The summed E-state index contributed by atoms with van der Waals surface area (Å²) in [5.41, 5.74) is 2.32. The fourth-order valence-corrected chi connectivity index (χ4v) is 9.30. The first-order valence-corrected chi connectivity index (χ1v) is 15.5. The highest BCUT2D eigenvalue weighted by atomic mass is 16.7. The van der Waals surface area contributed by atoms with E-state index in [-0.39, 0.29) is 11.7 Å². The van der Waals surface area contributed by atoms with Gasteiger partial charge in [-0.1, -0.05) is 38.3 Å². The lowest BCUT2D eigenvalue weighted by atomic mass is 9.47. The van der Waals surface area contributed by atoms with Crippen molar-refractivity contribution in [1.29, 1.82) is 0 Å². The standard InChI is InChI=1S/C32H52O4/c1-23(33)27-13-14-28-26-12-11-24-22-25(15-17-31(24,2)29(26)16-18-32(27,28)3)34-19-7-4-5-8-20-35-30-10-6-9-21-36-30/h11,25-30H,4-10,12-22H2,1-3H3/t25?,26-,27+,28-,29-,30?,31-,32+/m0/s1. The highest BCUT2D eigenvalue weighted by molar-refractivity contribution is 5.79. The van der Waals surface area contributed by atoms with Crippen LogP contribution >= 0.6 is 0 Å². The molecule has 0 aromatic heterocycles. The van der Waals surface area contributed by atoms with Crippen molar-refractivity contribution in [2.45, 2.75) is 129 Å². The van der Waals surface area contributed by atoms with Crippen LogP contribution in [0.25, 0.3) is 0 Å². The molecule has 0 aromatic rings. The van der Waals surface area contributed by atoms with Crippen LogP contribution in [0.15, 0.2) is 11.6 Å². The molecule has 204 valence electrons. The summed E-state index contributed by atoms with van der Waals surface area (Å²) in [6.07, 6.45) is 21.2. The van der Waals surface area contributed by atoms with E-state index in [1.54, 1.807) is 5.57 Å². The van der Waals surface area contributed by atoms with E-state index in [4.69, 9.17) is 14.2 Å². The number of allylic oxidation sites excluding steroid dienone is 1. The molecule has 4 nitrogen and oxygen atoms in total. The first-order valence-electron chi connectivity index (χ1n) is 15.5. The Morgan fingerprint density at radius 3 is 2.50 bits per heavy atom. The van der Waals surface area contributed by atoms with Crippen LogP contribution in [0, 0.1) is 34.5 Å². The predicted molar refractivity (Wildman–Crippen MR) is 144 cm³/mol.